The van der Waals surface area contributed by atoms with Gasteiger partial charge in [0.1, 0.15) is 17.5 Å². The van der Waals surface area contributed by atoms with Crippen molar-refractivity contribution in [3.05, 3.63) is 59.3 Å². The SMILES string of the molecule is O=C(NCCCNc1ccc(C(F)(F)F)cn1)c1cc(F)ccc1F. The highest BCUT2D eigenvalue weighted by molar-refractivity contribution is 5.94. The van der Waals surface area contributed by atoms with E-state index in [0.29, 0.717) is 13.0 Å². The van der Waals surface area contributed by atoms with Crippen LogP contribution in [0.25, 0.3) is 0 Å². The Morgan fingerprint density at radius 1 is 1.08 bits per heavy atom. The summed E-state index contributed by atoms with van der Waals surface area (Å²) in [6.07, 6.45) is -3.32. The number of nitrogens with zero attached hydrogens (tertiary/aromatic N) is 1. The van der Waals surface area contributed by atoms with E-state index < -0.39 is 34.8 Å². The molecule has 25 heavy (non-hydrogen) atoms. The van der Waals surface area contributed by atoms with Gasteiger partial charge in [-0.1, -0.05) is 0 Å². The molecule has 0 unspecified atom stereocenters. The zero-order chi connectivity index (χ0) is 18.4. The summed E-state index contributed by atoms with van der Waals surface area (Å²) in [6.45, 7) is 0.493. The van der Waals surface area contributed by atoms with E-state index in [1.165, 1.54) is 6.07 Å². The highest BCUT2D eigenvalue weighted by Crippen LogP contribution is 2.28. The Balaban J connectivity index is 1.74. The minimum atomic E-state index is -4.44. The number of alkyl halides is 3. The summed E-state index contributed by atoms with van der Waals surface area (Å²) in [5, 5.41) is 5.22. The van der Waals surface area contributed by atoms with Crippen molar-refractivity contribution >= 4 is 11.7 Å². The molecule has 0 aliphatic rings. The first-order chi connectivity index (χ1) is 11.8. The molecule has 134 valence electrons. The van der Waals surface area contributed by atoms with Crippen LogP contribution in [-0.2, 0) is 6.18 Å². The van der Waals surface area contributed by atoms with Crippen LogP contribution in [0, 0.1) is 11.6 Å². The fraction of sp³-hybridized carbons (Fsp3) is 0.250. The fourth-order valence-electron chi connectivity index (χ4n) is 1.94. The summed E-state index contributed by atoms with van der Waals surface area (Å²) in [4.78, 5) is 15.4. The molecule has 0 spiro atoms. The maximum Gasteiger partial charge on any atom is 0.417 e. The molecule has 2 aromatic rings. The summed E-state index contributed by atoms with van der Waals surface area (Å²) in [5.74, 6) is -2.03. The number of benzene rings is 1. The number of nitrogens with one attached hydrogen (secondary N) is 2. The van der Waals surface area contributed by atoms with Gasteiger partial charge in [0.05, 0.1) is 11.1 Å². The monoisotopic (exact) mass is 359 g/mol. The smallest absolute Gasteiger partial charge is 0.370 e. The van der Waals surface area contributed by atoms with Gasteiger partial charge in [0.25, 0.3) is 5.91 Å². The molecular formula is C16H14F5N3O. The molecular weight excluding hydrogens is 345 g/mol. The number of hydrogen-bond acceptors (Lipinski definition) is 3. The van der Waals surface area contributed by atoms with E-state index in [2.05, 4.69) is 15.6 Å². The molecule has 9 heteroatoms. The lowest BCUT2D eigenvalue weighted by Crippen LogP contribution is -2.26. The minimum Gasteiger partial charge on any atom is -0.370 e. The lowest BCUT2D eigenvalue weighted by Gasteiger charge is -2.09. The van der Waals surface area contributed by atoms with Crippen LogP contribution in [0.5, 0.6) is 0 Å². The van der Waals surface area contributed by atoms with Crippen molar-refractivity contribution in [3.63, 3.8) is 0 Å². The predicted molar refractivity (Wildman–Crippen MR) is 81.0 cm³/mol. The van der Waals surface area contributed by atoms with E-state index in [1.54, 1.807) is 0 Å². The number of amides is 1. The van der Waals surface area contributed by atoms with Crippen LogP contribution in [0.3, 0.4) is 0 Å². The van der Waals surface area contributed by atoms with Crippen molar-refractivity contribution in [2.75, 3.05) is 18.4 Å². The van der Waals surface area contributed by atoms with Gasteiger partial charge in [0.2, 0.25) is 0 Å². The Morgan fingerprint density at radius 3 is 2.48 bits per heavy atom. The average molecular weight is 359 g/mol. The lowest BCUT2D eigenvalue weighted by atomic mass is 10.2. The van der Waals surface area contributed by atoms with E-state index in [4.69, 9.17) is 0 Å². The maximum atomic E-state index is 13.4. The van der Waals surface area contributed by atoms with Gasteiger partial charge in [-0.15, -0.1) is 0 Å². The zero-order valence-corrected chi connectivity index (χ0v) is 12.8. The second-order valence-electron chi connectivity index (χ2n) is 5.09. The molecule has 0 saturated heterocycles. The predicted octanol–water partition coefficient (Wildman–Crippen LogP) is 3.61. The van der Waals surface area contributed by atoms with Crippen molar-refractivity contribution in [3.8, 4) is 0 Å². The van der Waals surface area contributed by atoms with Gasteiger partial charge in [0, 0.05) is 19.3 Å². The van der Waals surface area contributed by atoms with E-state index in [0.717, 1.165) is 30.5 Å². The highest BCUT2D eigenvalue weighted by Gasteiger charge is 2.30. The molecule has 4 nitrogen and oxygen atoms in total. The molecule has 0 fully saturated rings. The van der Waals surface area contributed by atoms with Crippen molar-refractivity contribution < 1.29 is 26.7 Å². The number of pyridine rings is 1. The van der Waals surface area contributed by atoms with Gasteiger partial charge in [-0.25, -0.2) is 13.8 Å². The van der Waals surface area contributed by atoms with Gasteiger partial charge in [-0.3, -0.25) is 4.79 Å². The van der Waals surface area contributed by atoms with Gasteiger partial charge in [-0.2, -0.15) is 13.2 Å². The Kier molecular flexibility index (Phi) is 5.89. The van der Waals surface area contributed by atoms with Gasteiger partial charge < -0.3 is 10.6 Å². The second kappa shape index (κ2) is 7.91. The van der Waals surface area contributed by atoms with E-state index >= 15 is 0 Å². The van der Waals surface area contributed by atoms with Crippen LogP contribution >= 0.6 is 0 Å². The Labute approximate surface area is 140 Å². The van der Waals surface area contributed by atoms with Crippen LogP contribution in [0.2, 0.25) is 0 Å². The lowest BCUT2D eigenvalue weighted by molar-refractivity contribution is -0.137. The van der Waals surface area contributed by atoms with Crippen LogP contribution in [0.15, 0.2) is 36.5 Å². The molecule has 0 aliphatic heterocycles. The number of carbonyl (C=O) groups is 1. The molecule has 1 heterocycles. The first kappa shape index (κ1) is 18.6. The van der Waals surface area contributed by atoms with E-state index in [9.17, 15) is 26.7 Å². The summed E-state index contributed by atoms with van der Waals surface area (Å²) in [5.41, 5.74) is -1.24. The van der Waals surface area contributed by atoms with Crippen LogP contribution in [0.4, 0.5) is 27.8 Å². The number of aromatic nitrogens is 1. The van der Waals surface area contributed by atoms with Gasteiger partial charge in [0.15, 0.2) is 0 Å². The Hall–Kier alpha value is -2.71. The van der Waals surface area contributed by atoms with Crippen molar-refractivity contribution in [2.24, 2.45) is 0 Å². The molecule has 2 N–H and O–H groups in total. The fourth-order valence-corrected chi connectivity index (χ4v) is 1.94. The normalized spacial score (nSPS) is 11.2. The third kappa shape index (κ3) is 5.40. The van der Waals surface area contributed by atoms with Crippen molar-refractivity contribution in [2.45, 2.75) is 12.6 Å². The highest BCUT2D eigenvalue weighted by atomic mass is 19.4. The van der Waals surface area contributed by atoms with Gasteiger partial charge in [-0.05, 0) is 36.8 Å². The average Bonchev–Trinajstić information content (AvgIpc) is 2.56. The molecule has 1 aromatic carbocycles. The summed E-state index contributed by atoms with van der Waals surface area (Å²) >= 11 is 0. The molecule has 0 radical (unpaired) electrons. The number of rotatable bonds is 6. The quantitative estimate of drug-likeness (QED) is 0.612. The molecule has 1 amide bonds. The first-order valence-corrected chi connectivity index (χ1v) is 7.28. The third-order valence-corrected chi connectivity index (χ3v) is 3.21. The molecule has 0 aliphatic carbocycles. The summed E-state index contributed by atoms with van der Waals surface area (Å²) < 4.78 is 63.6. The van der Waals surface area contributed by atoms with Gasteiger partial charge >= 0.3 is 6.18 Å². The summed E-state index contributed by atoms with van der Waals surface area (Å²) in [7, 11) is 0. The van der Waals surface area contributed by atoms with Crippen molar-refractivity contribution in [1.29, 1.82) is 0 Å². The summed E-state index contributed by atoms with van der Waals surface area (Å²) in [6, 6.07) is 4.68. The number of carbonyl (C=O) groups excluding carboxylic acids is 1. The largest absolute Gasteiger partial charge is 0.417 e. The zero-order valence-electron chi connectivity index (χ0n) is 12.8. The molecule has 0 saturated carbocycles. The van der Waals surface area contributed by atoms with E-state index in [1.807, 2.05) is 0 Å². The second-order valence-corrected chi connectivity index (χ2v) is 5.09. The number of hydrogen-bond donors (Lipinski definition) is 2. The van der Waals surface area contributed by atoms with Crippen molar-refractivity contribution in [1.82, 2.24) is 10.3 Å². The standard InChI is InChI=1S/C16H14F5N3O/c17-11-3-4-13(18)12(8-11)15(25)23-7-1-6-22-14-5-2-10(9-24-14)16(19,20)21/h2-5,8-9H,1,6-7H2,(H,22,24)(H,23,25). The number of halogens is 5. The number of anilines is 1. The molecule has 2 rings (SSSR count). The topological polar surface area (TPSA) is 54.0 Å². The Morgan fingerprint density at radius 2 is 1.84 bits per heavy atom. The first-order valence-electron chi connectivity index (χ1n) is 7.28. The molecule has 0 atom stereocenters. The minimum absolute atomic E-state index is 0.169. The molecule has 0 bridgehead atoms. The van der Waals surface area contributed by atoms with Crippen LogP contribution < -0.4 is 10.6 Å². The van der Waals surface area contributed by atoms with Crippen LogP contribution in [-0.4, -0.2) is 24.0 Å². The van der Waals surface area contributed by atoms with E-state index in [-0.39, 0.29) is 12.4 Å². The Bertz CT molecular complexity index is 732. The molecule has 1 aromatic heterocycles. The maximum absolute atomic E-state index is 13.4. The third-order valence-electron chi connectivity index (χ3n) is 3.21. The van der Waals surface area contributed by atoms with Crippen LogP contribution in [0.1, 0.15) is 22.3 Å².